The minimum atomic E-state index is -4.50. The second-order valence-electron chi connectivity index (χ2n) is 4.97. The summed E-state index contributed by atoms with van der Waals surface area (Å²) in [6.45, 7) is 1.33. The molecule has 1 fully saturated rings. The maximum atomic E-state index is 12.7. The molecular formula is C14H15BrF3NO2. The Kier molecular flexibility index (Phi) is 5.27. The average molecular weight is 366 g/mol. The van der Waals surface area contributed by atoms with E-state index in [1.165, 1.54) is 25.0 Å². The summed E-state index contributed by atoms with van der Waals surface area (Å²) in [6, 6.07) is 3.41. The first kappa shape index (κ1) is 16.3. The number of nitrogens with one attached hydrogen (secondary N) is 1. The third-order valence-electron chi connectivity index (χ3n) is 3.12. The van der Waals surface area contributed by atoms with Crippen molar-refractivity contribution in [3.8, 4) is 0 Å². The minimum Gasteiger partial charge on any atom is -0.379 e. The van der Waals surface area contributed by atoms with Gasteiger partial charge in [0.05, 0.1) is 12.2 Å². The Balaban J connectivity index is 1.86. The highest BCUT2D eigenvalue weighted by Gasteiger charge is 2.33. The normalized spacial score (nSPS) is 15.0. The lowest BCUT2D eigenvalue weighted by molar-refractivity contribution is -0.138. The van der Waals surface area contributed by atoms with E-state index in [1.807, 2.05) is 0 Å². The van der Waals surface area contributed by atoms with Gasteiger partial charge in [-0.3, -0.25) is 4.79 Å². The van der Waals surface area contributed by atoms with Crippen LogP contribution in [0.3, 0.4) is 0 Å². The number of hydrogen-bond donors (Lipinski definition) is 1. The predicted molar refractivity (Wildman–Crippen MR) is 75.0 cm³/mol. The van der Waals surface area contributed by atoms with Crippen LogP contribution in [0.2, 0.25) is 0 Å². The van der Waals surface area contributed by atoms with Crippen LogP contribution in [-0.4, -0.2) is 25.7 Å². The van der Waals surface area contributed by atoms with Crippen LogP contribution < -0.4 is 5.32 Å². The van der Waals surface area contributed by atoms with Gasteiger partial charge in [0.2, 0.25) is 0 Å². The van der Waals surface area contributed by atoms with Gasteiger partial charge in [0.1, 0.15) is 0 Å². The molecule has 7 heteroatoms. The zero-order chi connectivity index (χ0) is 15.5. The lowest BCUT2D eigenvalue weighted by Crippen LogP contribution is -2.27. The monoisotopic (exact) mass is 365 g/mol. The molecule has 0 spiro atoms. The van der Waals surface area contributed by atoms with Crippen molar-refractivity contribution in [3.63, 3.8) is 0 Å². The Morgan fingerprint density at radius 3 is 2.71 bits per heavy atom. The summed E-state index contributed by atoms with van der Waals surface area (Å²) in [5, 5.41) is 2.54. The van der Waals surface area contributed by atoms with Crippen molar-refractivity contribution in [1.29, 1.82) is 0 Å². The topological polar surface area (TPSA) is 38.3 Å². The summed E-state index contributed by atoms with van der Waals surface area (Å²) in [7, 11) is 0. The van der Waals surface area contributed by atoms with Gasteiger partial charge in [0.15, 0.2) is 0 Å². The highest BCUT2D eigenvalue weighted by Crippen LogP contribution is 2.35. The molecule has 1 aromatic rings. The van der Waals surface area contributed by atoms with E-state index in [0.29, 0.717) is 19.1 Å². The number of carbonyl (C=O) groups is 1. The Bertz CT molecular complexity index is 515. The van der Waals surface area contributed by atoms with Gasteiger partial charge in [-0.15, -0.1) is 0 Å². The number of rotatable bonds is 6. The van der Waals surface area contributed by atoms with Gasteiger partial charge >= 0.3 is 6.18 Å². The molecule has 1 aliphatic rings. The maximum Gasteiger partial charge on any atom is 0.417 e. The largest absolute Gasteiger partial charge is 0.417 e. The summed E-state index contributed by atoms with van der Waals surface area (Å²) in [6.07, 6.45) is -2.13. The fraction of sp³-hybridized carbons (Fsp3) is 0.500. The average Bonchev–Trinajstić information content (AvgIpc) is 3.21. The number of benzene rings is 1. The second-order valence-corrected chi connectivity index (χ2v) is 5.82. The van der Waals surface area contributed by atoms with Gasteiger partial charge in [-0.1, -0.05) is 15.9 Å². The molecule has 21 heavy (non-hydrogen) atoms. The molecule has 3 nitrogen and oxygen atoms in total. The van der Waals surface area contributed by atoms with E-state index in [0.717, 1.165) is 6.07 Å². The molecule has 116 valence electrons. The summed E-state index contributed by atoms with van der Waals surface area (Å²) in [5.74, 6) is 0.101. The van der Waals surface area contributed by atoms with E-state index in [1.54, 1.807) is 0 Å². The second kappa shape index (κ2) is 6.79. The first-order valence-corrected chi connectivity index (χ1v) is 7.40. The molecule has 0 bridgehead atoms. The van der Waals surface area contributed by atoms with Crippen LogP contribution >= 0.6 is 15.9 Å². The molecule has 0 aromatic heterocycles. The Labute approximate surface area is 129 Å². The van der Waals surface area contributed by atoms with Crippen molar-refractivity contribution in [2.24, 2.45) is 5.92 Å². The number of amides is 1. The van der Waals surface area contributed by atoms with Crippen molar-refractivity contribution in [3.05, 3.63) is 33.8 Å². The molecule has 0 heterocycles. The predicted octanol–water partition coefficient (Wildman–Crippen LogP) is 3.62. The zero-order valence-corrected chi connectivity index (χ0v) is 12.8. The summed E-state index contributed by atoms with van der Waals surface area (Å²) < 4.78 is 43.5. The molecule has 0 atom stereocenters. The number of carbonyl (C=O) groups excluding carboxylic acids is 1. The Morgan fingerprint density at radius 1 is 1.38 bits per heavy atom. The van der Waals surface area contributed by atoms with Crippen LogP contribution in [0.15, 0.2) is 22.7 Å². The lowest BCUT2D eigenvalue weighted by Gasteiger charge is -2.11. The highest BCUT2D eigenvalue weighted by atomic mass is 79.9. The van der Waals surface area contributed by atoms with E-state index in [9.17, 15) is 18.0 Å². The smallest absolute Gasteiger partial charge is 0.379 e. The first-order valence-electron chi connectivity index (χ1n) is 6.60. The van der Waals surface area contributed by atoms with Crippen molar-refractivity contribution >= 4 is 21.8 Å². The van der Waals surface area contributed by atoms with Crippen molar-refractivity contribution in [2.75, 3.05) is 19.8 Å². The molecule has 1 N–H and O–H groups in total. The quantitative estimate of drug-likeness (QED) is 0.781. The third kappa shape index (κ3) is 5.00. The molecule has 0 aliphatic heterocycles. The number of halogens is 4. The van der Waals surface area contributed by atoms with Gasteiger partial charge < -0.3 is 10.1 Å². The summed E-state index contributed by atoms with van der Waals surface area (Å²) >= 11 is 2.84. The van der Waals surface area contributed by atoms with E-state index in [2.05, 4.69) is 21.2 Å². The van der Waals surface area contributed by atoms with Gasteiger partial charge in [0.25, 0.3) is 5.91 Å². The minimum absolute atomic E-state index is 0.0206. The lowest BCUT2D eigenvalue weighted by atomic mass is 10.1. The Morgan fingerprint density at radius 2 is 2.10 bits per heavy atom. The standard InChI is InChI=1S/C14H15BrF3NO2/c15-12-4-3-10(7-11(12)14(16,17)18)13(20)19-5-6-21-8-9-1-2-9/h3-4,7,9H,1-2,5-6,8H2,(H,19,20). The highest BCUT2D eigenvalue weighted by molar-refractivity contribution is 9.10. The number of hydrogen-bond acceptors (Lipinski definition) is 2. The molecule has 0 unspecified atom stereocenters. The molecule has 0 radical (unpaired) electrons. The fourth-order valence-corrected chi connectivity index (χ4v) is 2.23. The van der Waals surface area contributed by atoms with Crippen LogP contribution in [-0.2, 0) is 10.9 Å². The third-order valence-corrected chi connectivity index (χ3v) is 3.81. The van der Waals surface area contributed by atoms with E-state index >= 15 is 0 Å². The molecule has 1 amide bonds. The van der Waals surface area contributed by atoms with Crippen molar-refractivity contribution in [1.82, 2.24) is 5.32 Å². The molecule has 1 aliphatic carbocycles. The molecule has 0 saturated heterocycles. The van der Waals surface area contributed by atoms with Gasteiger partial charge in [-0.25, -0.2) is 0 Å². The maximum absolute atomic E-state index is 12.7. The fourth-order valence-electron chi connectivity index (χ4n) is 1.76. The van der Waals surface area contributed by atoms with Crippen LogP contribution in [0.1, 0.15) is 28.8 Å². The molecule has 2 rings (SSSR count). The van der Waals surface area contributed by atoms with Gasteiger partial charge in [-0.2, -0.15) is 13.2 Å². The summed E-state index contributed by atoms with van der Waals surface area (Å²) in [4.78, 5) is 11.8. The van der Waals surface area contributed by atoms with Crippen molar-refractivity contribution in [2.45, 2.75) is 19.0 Å². The van der Waals surface area contributed by atoms with Gasteiger partial charge in [0, 0.05) is 23.2 Å². The van der Waals surface area contributed by atoms with E-state index < -0.39 is 17.6 Å². The number of ether oxygens (including phenoxy) is 1. The molecule has 1 aromatic carbocycles. The first-order chi connectivity index (χ1) is 9.88. The zero-order valence-electron chi connectivity index (χ0n) is 11.2. The Hall–Kier alpha value is -1.08. The van der Waals surface area contributed by atoms with E-state index in [-0.39, 0.29) is 16.6 Å². The van der Waals surface area contributed by atoms with Crippen LogP contribution in [0.4, 0.5) is 13.2 Å². The molecule has 1 saturated carbocycles. The van der Waals surface area contributed by atoms with E-state index in [4.69, 9.17) is 4.74 Å². The van der Waals surface area contributed by atoms with Crippen molar-refractivity contribution < 1.29 is 22.7 Å². The van der Waals surface area contributed by atoms with Crippen LogP contribution in [0, 0.1) is 5.92 Å². The summed E-state index contributed by atoms with van der Waals surface area (Å²) in [5.41, 5.74) is -0.882. The van der Waals surface area contributed by atoms with Crippen LogP contribution in [0.25, 0.3) is 0 Å². The van der Waals surface area contributed by atoms with Crippen LogP contribution in [0.5, 0.6) is 0 Å². The SMILES string of the molecule is O=C(NCCOCC1CC1)c1ccc(Br)c(C(F)(F)F)c1. The van der Waals surface area contributed by atoms with Gasteiger partial charge in [-0.05, 0) is 37.0 Å². The number of alkyl halides is 3. The molecular weight excluding hydrogens is 351 g/mol.